The van der Waals surface area contributed by atoms with Crippen LogP contribution in [0.1, 0.15) is 13.8 Å². The fraction of sp³-hybridized carbons (Fsp3) is 0.240. The second-order valence-electron chi connectivity index (χ2n) is 8.46. The molecular weight excluding hydrogens is 438 g/mol. The minimum atomic E-state index is -0.636. The predicted molar refractivity (Wildman–Crippen MR) is 127 cm³/mol. The standard InChI is InChI=1S/C25H24F2N6O/c1-15(2)33-8-9-34-24-19(26)10-17(11-22(24)33)23-20(27)12-28-25(31-23)30-18-6-4-16(5-7-18)21-13-32(3)14-29-21/h4-7,10-15H,8-9H2,1-3H3,(H,28,30,31). The lowest BCUT2D eigenvalue weighted by Crippen LogP contribution is -2.38. The number of hydrogen-bond acceptors (Lipinski definition) is 6. The van der Waals surface area contributed by atoms with Crippen LogP contribution in [0.5, 0.6) is 5.75 Å². The third kappa shape index (κ3) is 4.16. The molecule has 0 radical (unpaired) electrons. The van der Waals surface area contributed by atoms with E-state index in [0.717, 1.165) is 23.1 Å². The number of aromatic nitrogens is 4. The lowest BCUT2D eigenvalue weighted by atomic mass is 10.1. The third-order valence-electron chi connectivity index (χ3n) is 5.69. The van der Waals surface area contributed by atoms with Gasteiger partial charge in [-0.15, -0.1) is 0 Å². The Bertz CT molecular complexity index is 1340. The van der Waals surface area contributed by atoms with Gasteiger partial charge in [-0.05, 0) is 38.1 Å². The Hall–Kier alpha value is -4.01. The number of anilines is 3. The zero-order valence-electron chi connectivity index (χ0n) is 19.1. The van der Waals surface area contributed by atoms with E-state index < -0.39 is 11.6 Å². The number of aryl methyl sites for hydroxylation is 1. The average Bonchev–Trinajstić information content (AvgIpc) is 3.26. The van der Waals surface area contributed by atoms with Gasteiger partial charge in [0.05, 0.1) is 30.5 Å². The Morgan fingerprint density at radius 1 is 1.03 bits per heavy atom. The molecule has 0 aliphatic carbocycles. The molecule has 9 heteroatoms. The van der Waals surface area contributed by atoms with Crippen molar-refractivity contribution in [3.05, 3.63) is 66.8 Å². The van der Waals surface area contributed by atoms with Crippen LogP contribution in [0.3, 0.4) is 0 Å². The Balaban J connectivity index is 1.44. The molecule has 34 heavy (non-hydrogen) atoms. The van der Waals surface area contributed by atoms with Gasteiger partial charge in [-0.3, -0.25) is 0 Å². The average molecular weight is 463 g/mol. The van der Waals surface area contributed by atoms with Crippen molar-refractivity contribution >= 4 is 17.3 Å². The zero-order chi connectivity index (χ0) is 23.8. The van der Waals surface area contributed by atoms with Gasteiger partial charge in [-0.1, -0.05) is 12.1 Å². The van der Waals surface area contributed by atoms with Crippen LogP contribution >= 0.6 is 0 Å². The highest BCUT2D eigenvalue weighted by atomic mass is 19.1. The molecule has 0 unspecified atom stereocenters. The maximum absolute atomic E-state index is 14.9. The molecule has 2 aromatic carbocycles. The van der Waals surface area contributed by atoms with Crippen molar-refractivity contribution in [1.29, 1.82) is 0 Å². The lowest BCUT2D eigenvalue weighted by Gasteiger charge is -2.34. The van der Waals surface area contributed by atoms with Crippen LogP contribution in [0, 0.1) is 11.6 Å². The van der Waals surface area contributed by atoms with Gasteiger partial charge in [-0.2, -0.15) is 0 Å². The van der Waals surface area contributed by atoms with Gasteiger partial charge < -0.3 is 19.5 Å². The minimum Gasteiger partial charge on any atom is -0.486 e. The molecule has 0 saturated heterocycles. The first-order chi connectivity index (χ1) is 16.4. The van der Waals surface area contributed by atoms with Crippen molar-refractivity contribution in [3.63, 3.8) is 0 Å². The number of rotatable bonds is 5. The summed E-state index contributed by atoms with van der Waals surface area (Å²) < 4.78 is 37.0. The molecule has 3 heterocycles. The van der Waals surface area contributed by atoms with Gasteiger partial charge in [0.25, 0.3) is 0 Å². The Labute approximate surface area is 196 Å². The summed E-state index contributed by atoms with van der Waals surface area (Å²) in [4.78, 5) is 14.8. The van der Waals surface area contributed by atoms with Crippen LogP contribution in [-0.4, -0.2) is 38.7 Å². The summed E-state index contributed by atoms with van der Waals surface area (Å²) in [5.74, 6) is -0.791. The van der Waals surface area contributed by atoms with Crippen molar-refractivity contribution in [3.8, 4) is 28.3 Å². The molecule has 7 nitrogen and oxygen atoms in total. The molecule has 0 saturated carbocycles. The molecule has 1 aliphatic rings. The van der Waals surface area contributed by atoms with Crippen LogP contribution < -0.4 is 15.0 Å². The van der Waals surface area contributed by atoms with E-state index in [4.69, 9.17) is 4.74 Å². The topological polar surface area (TPSA) is 68.1 Å². The maximum Gasteiger partial charge on any atom is 0.227 e. The molecule has 5 rings (SSSR count). The summed E-state index contributed by atoms with van der Waals surface area (Å²) in [5.41, 5.74) is 3.48. The number of benzene rings is 2. The molecule has 174 valence electrons. The second kappa shape index (κ2) is 8.74. The first kappa shape index (κ1) is 21.8. The van der Waals surface area contributed by atoms with E-state index in [1.54, 1.807) is 12.4 Å². The number of imidazole rings is 1. The van der Waals surface area contributed by atoms with Crippen molar-refractivity contribution < 1.29 is 13.5 Å². The Morgan fingerprint density at radius 2 is 1.82 bits per heavy atom. The Kier molecular flexibility index (Phi) is 5.61. The first-order valence-corrected chi connectivity index (χ1v) is 11.0. The molecule has 0 bridgehead atoms. The van der Waals surface area contributed by atoms with Crippen LogP contribution in [0.2, 0.25) is 0 Å². The highest BCUT2D eigenvalue weighted by Gasteiger charge is 2.25. The molecular formula is C25H24F2N6O. The van der Waals surface area contributed by atoms with Crippen LogP contribution in [0.25, 0.3) is 22.5 Å². The van der Waals surface area contributed by atoms with E-state index in [0.29, 0.717) is 24.4 Å². The smallest absolute Gasteiger partial charge is 0.227 e. The molecule has 4 aromatic rings. The molecule has 0 atom stereocenters. The first-order valence-electron chi connectivity index (χ1n) is 11.0. The van der Waals surface area contributed by atoms with Crippen molar-refractivity contribution in [1.82, 2.24) is 19.5 Å². The van der Waals surface area contributed by atoms with Crippen molar-refractivity contribution in [2.24, 2.45) is 7.05 Å². The van der Waals surface area contributed by atoms with E-state index in [1.165, 1.54) is 6.07 Å². The SMILES string of the molecule is CC(C)N1CCOc2c(F)cc(-c3nc(Nc4ccc(-c5cn(C)cn5)cc4)ncc3F)cc21. The summed E-state index contributed by atoms with van der Waals surface area (Å²) in [6, 6.07) is 10.7. The molecule has 1 N–H and O–H groups in total. The van der Waals surface area contributed by atoms with Gasteiger partial charge >= 0.3 is 0 Å². The number of nitrogens with zero attached hydrogens (tertiary/aromatic N) is 5. The van der Waals surface area contributed by atoms with Crippen molar-refractivity contribution in [2.45, 2.75) is 19.9 Å². The van der Waals surface area contributed by atoms with Crippen LogP contribution in [0.15, 0.2) is 55.1 Å². The number of nitrogens with one attached hydrogen (secondary N) is 1. The molecule has 0 amide bonds. The Morgan fingerprint density at radius 3 is 2.53 bits per heavy atom. The predicted octanol–water partition coefficient (Wildman–Crippen LogP) is 5.17. The van der Waals surface area contributed by atoms with E-state index in [-0.39, 0.29) is 23.4 Å². The normalized spacial score (nSPS) is 13.1. The van der Waals surface area contributed by atoms with E-state index in [9.17, 15) is 8.78 Å². The van der Waals surface area contributed by atoms with Gasteiger partial charge in [0, 0.05) is 36.1 Å². The molecule has 1 aliphatic heterocycles. The van der Waals surface area contributed by atoms with E-state index in [1.807, 2.05) is 60.8 Å². The molecule has 0 spiro atoms. The highest BCUT2D eigenvalue weighted by Crippen LogP contribution is 2.39. The fourth-order valence-electron chi connectivity index (χ4n) is 4.02. The van der Waals surface area contributed by atoms with E-state index in [2.05, 4.69) is 20.3 Å². The van der Waals surface area contributed by atoms with Gasteiger partial charge in [0.15, 0.2) is 17.4 Å². The largest absolute Gasteiger partial charge is 0.486 e. The van der Waals surface area contributed by atoms with Gasteiger partial charge in [0.2, 0.25) is 5.95 Å². The minimum absolute atomic E-state index is 0.0126. The summed E-state index contributed by atoms with van der Waals surface area (Å²) in [6.07, 6.45) is 4.76. The van der Waals surface area contributed by atoms with Crippen molar-refractivity contribution in [2.75, 3.05) is 23.4 Å². The van der Waals surface area contributed by atoms with Crippen LogP contribution in [0.4, 0.5) is 26.1 Å². The fourth-order valence-corrected chi connectivity index (χ4v) is 4.02. The van der Waals surface area contributed by atoms with Gasteiger partial charge in [-0.25, -0.2) is 23.7 Å². The second-order valence-corrected chi connectivity index (χ2v) is 8.46. The molecule has 2 aromatic heterocycles. The summed E-state index contributed by atoms with van der Waals surface area (Å²) in [6.45, 7) is 5.07. The lowest BCUT2D eigenvalue weighted by molar-refractivity contribution is 0.287. The highest BCUT2D eigenvalue weighted by molar-refractivity contribution is 5.73. The quantitative estimate of drug-likeness (QED) is 0.441. The maximum atomic E-state index is 14.9. The third-order valence-corrected chi connectivity index (χ3v) is 5.69. The summed E-state index contributed by atoms with van der Waals surface area (Å²) in [7, 11) is 1.91. The van der Waals surface area contributed by atoms with E-state index >= 15 is 0 Å². The number of fused-ring (bicyclic) bond motifs is 1. The number of hydrogen-bond donors (Lipinski definition) is 1. The number of halogens is 2. The zero-order valence-corrected chi connectivity index (χ0v) is 19.1. The summed E-state index contributed by atoms with van der Waals surface area (Å²) in [5, 5.41) is 3.09. The number of ether oxygens (including phenoxy) is 1. The monoisotopic (exact) mass is 462 g/mol. The van der Waals surface area contributed by atoms with Gasteiger partial charge in [0.1, 0.15) is 12.3 Å². The summed E-state index contributed by atoms with van der Waals surface area (Å²) >= 11 is 0. The molecule has 0 fully saturated rings. The van der Waals surface area contributed by atoms with Crippen LogP contribution in [-0.2, 0) is 7.05 Å².